The van der Waals surface area contributed by atoms with Crippen LogP contribution >= 0.6 is 0 Å². The van der Waals surface area contributed by atoms with E-state index < -0.39 is 5.82 Å². The number of anilines is 3. The number of nitrogens with zero attached hydrogens (tertiary/aromatic N) is 3. The fraction of sp³-hybridized carbons (Fsp3) is 0.250. The van der Waals surface area contributed by atoms with Crippen molar-refractivity contribution in [1.29, 1.82) is 0 Å². The van der Waals surface area contributed by atoms with Crippen LogP contribution in [0.4, 0.5) is 21.8 Å². The third kappa shape index (κ3) is 4.69. The third-order valence-electron chi connectivity index (χ3n) is 4.11. The second-order valence-corrected chi connectivity index (χ2v) is 6.13. The highest BCUT2D eigenvalue weighted by Crippen LogP contribution is 2.26. The van der Waals surface area contributed by atoms with Crippen molar-refractivity contribution < 1.29 is 9.13 Å². The zero-order valence-electron chi connectivity index (χ0n) is 15.5. The van der Waals surface area contributed by atoms with Crippen LogP contribution in [0.15, 0.2) is 48.8 Å². The molecule has 0 aliphatic carbocycles. The first-order valence-corrected chi connectivity index (χ1v) is 8.75. The normalized spacial score (nSPS) is 11.7. The van der Waals surface area contributed by atoms with Crippen molar-refractivity contribution in [3.05, 3.63) is 54.6 Å². The molecule has 0 aliphatic rings. The van der Waals surface area contributed by atoms with Crippen molar-refractivity contribution in [2.75, 3.05) is 17.7 Å². The van der Waals surface area contributed by atoms with Gasteiger partial charge in [-0.1, -0.05) is 6.92 Å². The van der Waals surface area contributed by atoms with Gasteiger partial charge in [-0.25, -0.2) is 9.37 Å². The van der Waals surface area contributed by atoms with E-state index in [2.05, 4.69) is 39.4 Å². The lowest BCUT2D eigenvalue weighted by atomic mass is 10.2. The molecule has 0 fully saturated rings. The van der Waals surface area contributed by atoms with E-state index in [9.17, 15) is 4.39 Å². The molecule has 7 heteroatoms. The Labute approximate surface area is 157 Å². The highest BCUT2D eigenvalue weighted by molar-refractivity contribution is 5.67. The molecule has 140 valence electrons. The van der Waals surface area contributed by atoms with Crippen LogP contribution in [0.3, 0.4) is 0 Å². The van der Waals surface area contributed by atoms with Gasteiger partial charge in [0.25, 0.3) is 0 Å². The number of methoxy groups -OCH3 is 1. The van der Waals surface area contributed by atoms with Crippen molar-refractivity contribution >= 4 is 17.5 Å². The van der Waals surface area contributed by atoms with Crippen molar-refractivity contribution in [3.8, 4) is 17.0 Å². The number of rotatable bonds is 7. The van der Waals surface area contributed by atoms with Gasteiger partial charge in [0.05, 0.1) is 12.8 Å². The Morgan fingerprint density at radius 1 is 1.11 bits per heavy atom. The molecule has 0 amide bonds. The van der Waals surface area contributed by atoms with Crippen LogP contribution in [0.5, 0.6) is 5.75 Å². The number of halogens is 1. The molecule has 0 saturated carbocycles. The highest BCUT2D eigenvalue weighted by Gasteiger charge is 2.10. The van der Waals surface area contributed by atoms with Crippen LogP contribution in [0.2, 0.25) is 0 Å². The van der Waals surface area contributed by atoms with Crippen LogP contribution in [-0.4, -0.2) is 28.1 Å². The van der Waals surface area contributed by atoms with Gasteiger partial charge >= 0.3 is 0 Å². The summed E-state index contributed by atoms with van der Waals surface area (Å²) in [6.07, 6.45) is 4.37. The first-order valence-electron chi connectivity index (χ1n) is 8.75. The molecule has 3 aromatic rings. The zero-order chi connectivity index (χ0) is 19.2. The Bertz CT molecular complexity index is 904. The summed E-state index contributed by atoms with van der Waals surface area (Å²) in [5, 5.41) is 6.42. The van der Waals surface area contributed by atoms with Crippen LogP contribution in [0, 0.1) is 5.82 Å². The molecule has 27 heavy (non-hydrogen) atoms. The third-order valence-corrected chi connectivity index (χ3v) is 4.11. The lowest BCUT2D eigenvalue weighted by Crippen LogP contribution is -2.16. The van der Waals surface area contributed by atoms with Gasteiger partial charge in [-0.15, -0.1) is 0 Å². The summed E-state index contributed by atoms with van der Waals surface area (Å²) in [4.78, 5) is 13.1. The maximum absolute atomic E-state index is 14.0. The van der Waals surface area contributed by atoms with Crippen molar-refractivity contribution in [2.24, 2.45) is 0 Å². The number of pyridine rings is 1. The Morgan fingerprint density at radius 2 is 1.89 bits per heavy atom. The van der Waals surface area contributed by atoms with E-state index in [0.717, 1.165) is 17.7 Å². The molecule has 1 atom stereocenters. The van der Waals surface area contributed by atoms with Gasteiger partial charge in [-0.2, -0.15) is 4.98 Å². The number of nitrogens with one attached hydrogen (secondary N) is 2. The van der Waals surface area contributed by atoms with E-state index in [1.54, 1.807) is 24.5 Å². The molecule has 6 nitrogen and oxygen atoms in total. The molecule has 2 heterocycles. The molecule has 0 aliphatic heterocycles. The summed E-state index contributed by atoms with van der Waals surface area (Å²) in [7, 11) is 1.43. The van der Waals surface area contributed by atoms with Crippen molar-refractivity contribution in [2.45, 2.75) is 26.3 Å². The monoisotopic (exact) mass is 367 g/mol. The van der Waals surface area contributed by atoms with E-state index in [1.807, 2.05) is 18.2 Å². The van der Waals surface area contributed by atoms with E-state index in [0.29, 0.717) is 17.5 Å². The Morgan fingerprint density at radius 3 is 2.56 bits per heavy atom. The number of hydrogen-bond donors (Lipinski definition) is 2. The summed E-state index contributed by atoms with van der Waals surface area (Å²) in [5.41, 5.74) is 2.24. The Balaban J connectivity index is 1.95. The SMILES string of the molecule is CC[C@H](C)Nc1nc(Nc2ccc(OC)c(F)c2)cc(-c2ccncc2)n1. The molecule has 1 aromatic carbocycles. The lowest BCUT2D eigenvalue weighted by Gasteiger charge is -2.15. The molecule has 0 saturated heterocycles. The largest absolute Gasteiger partial charge is 0.494 e. The highest BCUT2D eigenvalue weighted by atomic mass is 19.1. The summed E-state index contributed by atoms with van der Waals surface area (Å²) in [6, 6.07) is 10.5. The van der Waals surface area contributed by atoms with Crippen LogP contribution < -0.4 is 15.4 Å². The number of ether oxygens (including phenoxy) is 1. The molecule has 2 N–H and O–H groups in total. The van der Waals surface area contributed by atoms with Crippen molar-refractivity contribution in [1.82, 2.24) is 15.0 Å². The number of aromatic nitrogens is 3. The standard InChI is InChI=1S/C20H22FN5O/c1-4-13(2)23-20-25-17(14-7-9-22-10-8-14)12-19(26-20)24-15-5-6-18(27-3)16(21)11-15/h5-13H,4H2,1-3H3,(H2,23,24,25,26)/t13-/m0/s1. The number of hydrogen-bond acceptors (Lipinski definition) is 6. The average molecular weight is 367 g/mol. The summed E-state index contributed by atoms with van der Waals surface area (Å²) in [6.45, 7) is 4.15. The molecule has 0 unspecified atom stereocenters. The second kappa shape index (κ2) is 8.44. The summed E-state index contributed by atoms with van der Waals surface area (Å²) < 4.78 is 18.9. The fourth-order valence-electron chi connectivity index (χ4n) is 2.46. The average Bonchev–Trinajstić information content (AvgIpc) is 2.68. The predicted octanol–water partition coefficient (Wildman–Crippen LogP) is 4.64. The zero-order valence-corrected chi connectivity index (χ0v) is 15.5. The Hall–Kier alpha value is -3.22. The van der Waals surface area contributed by atoms with E-state index in [1.165, 1.54) is 13.2 Å². The van der Waals surface area contributed by atoms with Gasteiger partial charge in [0.15, 0.2) is 11.6 Å². The molecule has 0 radical (unpaired) electrons. The van der Waals surface area contributed by atoms with Crippen LogP contribution in [0.25, 0.3) is 11.3 Å². The summed E-state index contributed by atoms with van der Waals surface area (Å²) in [5.74, 6) is 0.825. The maximum atomic E-state index is 14.0. The minimum absolute atomic E-state index is 0.194. The first kappa shape index (κ1) is 18.6. The van der Waals surface area contributed by atoms with Crippen LogP contribution in [-0.2, 0) is 0 Å². The van der Waals surface area contributed by atoms with Gasteiger partial charge in [-0.3, -0.25) is 4.98 Å². The van der Waals surface area contributed by atoms with Crippen LogP contribution in [0.1, 0.15) is 20.3 Å². The van der Waals surface area contributed by atoms with Gasteiger partial charge in [-0.05, 0) is 37.6 Å². The molecule has 2 aromatic heterocycles. The van der Waals surface area contributed by atoms with Gasteiger partial charge in [0.1, 0.15) is 5.82 Å². The predicted molar refractivity (Wildman–Crippen MR) is 105 cm³/mol. The fourth-order valence-corrected chi connectivity index (χ4v) is 2.46. The van der Waals surface area contributed by atoms with E-state index in [4.69, 9.17) is 4.74 Å². The second-order valence-electron chi connectivity index (χ2n) is 6.13. The van der Waals surface area contributed by atoms with E-state index >= 15 is 0 Å². The van der Waals surface area contributed by atoms with Gasteiger partial charge in [0.2, 0.25) is 5.95 Å². The quantitative estimate of drug-likeness (QED) is 0.634. The number of benzene rings is 1. The minimum Gasteiger partial charge on any atom is -0.494 e. The van der Waals surface area contributed by atoms with Gasteiger partial charge < -0.3 is 15.4 Å². The minimum atomic E-state index is -0.441. The smallest absolute Gasteiger partial charge is 0.225 e. The maximum Gasteiger partial charge on any atom is 0.225 e. The topological polar surface area (TPSA) is 72.0 Å². The van der Waals surface area contributed by atoms with Crippen molar-refractivity contribution in [3.63, 3.8) is 0 Å². The first-order chi connectivity index (χ1) is 13.1. The summed E-state index contributed by atoms with van der Waals surface area (Å²) >= 11 is 0. The molecule has 3 rings (SSSR count). The Kier molecular flexibility index (Phi) is 5.80. The van der Waals surface area contributed by atoms with Gasteiger partial charge in [0, 0.05) is 41.8 Å². The molecule has 0 spiro atoms. The van der Waals surface area contributed by atoms with E-state index in [-0.39, 0.29) is 11.8 Å². The lowest BCUT2D eigenvalue weighted by molar-refractivity contribution is 0.386. The molecular formula is C20H22FN5O. The molecule has 0 bridgehead atoms. The molecular weight excluding hydrogens is 345 g/mol.